The molecule has 0 amide bonds. The first-order chi connectivity index (χ1) is 6.86. The normalized spacial score (nSPS) is 14.6. The third-order valence-electron chi connectivity index (χ3n) is 2.59. The molecule has 0 saturated heterocycles. The summed E-state index contributed by atoms with van der Waals surface area (Å²) in [5.74, 6) is 1.17. The molecule has 0 saturated carbocycles. The predicted molar refractivity (Wildman–Crippen MR) is 60.6 cm³/mol. The van der Waals surface area contributed by atoms with Crippen LogP contribution in [0, 0.1) is 0 Å². The zero-order valence-electron chi connectivity index (χ0n) is 7.66. The van der Waals surface area contributed by atoms with Crippen LogP contribution in [0.4, 0.5) is 5.69 Å². The van der Waals surface area contributed by atoms with E-state index in [-0.39, 0.29) is 0 Å². The maximum absolute atomic E-state index is 5.98. The zero-order valence-corrected chi connectivity index (χ0v) is 8.47. The number of pyridine rings is 1. The highest BCUT2D eigenvalue weighted by molar-refractivity contribution is 7.99. The van der Waals surface area contributed by atoms with Gasteiger partial charge in [0, 0.05) is 27.9 Å². The topological polar surface area (TPSA) is 38.9 Å². The molecule has 3 heteroatoms. The van der Waals surface area contributed by atoms with Crippen molar-refractivity contribution in [1.29, 1.82) is 0 Å². The first-order valence-corrected chi connectivity index (χ1v) is 5.64. The molecule has 0 aliphatic carbocycles. The van der Waals surface area contributed by atoms with Crippen LogP contribution in [0.3, 0.4) is 0 Å². The number of hydrogen-bond acceptors (Lipinski definition) is 3. The molecule has 14 heavy (non-hydrogen) atoms. The number of hydrogen-bond donors (Lipinski definition) is 1. The standard InChI is InChI=1S/C11H10N2S/c12-8-3-5-13-9-2-1-7-4-6-14-11(7)10(8)9/h1-3,5H,4,6H2,(H2,12,13). The zero-order chi connectivity index (χ0) is 9.54. The lowest BCUT2D eigenvalue weighted by Gasteiger charge is -2.05. The summed E-state index contributed by atoms with van der Waals surface area (Å²) in [6.07, 6.45) is 2.92. The van der Waals surface area contributed by atoms with Crippen LogP contribution < -0.4 is 5.73 Å². The van der Waals surface area contributed by atoms with E-state index in [1.165, 1.54) is 16.2 Å². The lowest BCUT2D eigenvalue weighted by Crippen LogP contribution is -1.91. The van der Waals surface area contributed by atoms with Crippen LogP contribution in [-0.2, 0) is 6.42 Å². The van der Waals surface area contributed by atoms with Crippen LogP contribution in [0.5, 0.6) is 0 Å². The fourth-order valence-corrected chi connectivity index (χ4v) is 3.16. The lowest BCUT2D eigenvalue weighted by molar-refractivity contribution is 1.16. The average Bonchev–Trinajstić information content (AvgIpc) is 2.65. The minimum atomic E-state index is 0.848. The second-order valence-electron chi connectivity index (χ2n) is 3.45. The summed E-state index contributed by atoms with van der Waals surface area (Å²) >= 11 is 1.89. The van der Waals surface area contributed by atoms with Crippen molar-refractivity contribution in [2.75, 3.05) is 11.5 Å². The summed E-state index contributed by atoms with van der Waals surface area (Å²) in [7, 11) is 0. The Kier molecular flexibility index (Phi) is 1.67. The van der Waals surface area contributed by atoms with Gasteiger partial charge < -0.3 is 5.73 Å². The molecule has 70 valence electrons. The Bertz CT molecular complexity index is 508. The van der Waals surface area contributed by atoms with Crippen LogP contribution >= 0.6 is 11.8 Å². The summed E-state index contributed by atoms with van der Waals surface area (Å²) in [4.78, 5) is 5.67. The smallest absolute Gasteiger partial charge is 0.0734 e. The third-order valence-corrected chi connectivity index (χ3v) is 3.75. The lowest BCUT2D eigenvalue weighted by atomic mass is 10.1. The molecule has 2 heterocycles. The molecule has 2 nitrogen and oxygen atoms in total. The van der Waals surface area contributed by atoms with Crippen molar-refractivity contribution >= 4 is 28.4 Å². The Morgan fingerprint density at radius 2 is 2.21 bits per heavy atom. The summed E-state index contributed by atoms with van der Waals surface area (Å²) in [6, 6.07) is 6.11. The van der Waals surface area contributed by atoms with Crippen molar-refractivity contribution in [2.24, 2.45) is 0 Å². The van der Waals surface area contributed by atoms with Gasteiger partial charge in [-0.2, -0.15) is 0 Å². The molecule has 1 aromatic heterocycles. The van der Waals surface area contributed by atoms with Gasteiger partial charge in [0.15, 0.2) is 0 Å². The average molecular weight is 202 g/mol. The highest BCUT2D eigenvalue weighted by Crippen LogP contribution is 2.38. The first-order valence-electron chi connectivity index (χ1n) is 4.65. The Labute approximate surface area is 86.5 Å². The highest BCUT2D eigenvalue weighted by atomic mass is 32.2. The highest BCUT2D eigenvalue weighted by Gasteiger charge is 2.16. The summed E-state index contributed by atoms with van der Waals surface area (Å²) in [5.41, 5.74) is 9.26. The van der Waals surface area contributed by atoms with Gasteiger partial charge in [-0.15, -0.1) is 11.8 Å². The van der Waals surface area contributed by atoms with Gasteiger partial charge in [0.2, 0.25) is 0 Å². The van der Waals surface area contributed by atoms with E-state index in [0.717, 1.165) is 23.0 Å². The van der Waals surface area contributed by atoms with E-state index >= 15 is 0 Å². The Hall–Kier alpha value is -1.22. The molecule has 2 N–H and O–H groups in total. The predicted octanol–water partition coefficient (Wildman–Crippen LogP) is 2.47. The van der Waals surface area contributed by atoms with Crippen molar-refractivity contribution in [2.45, 2.75) is 11.3 Å². The minimum Gasteiger partial charge on any atom is -0.398 e. The van der Waals surface area contributed by atoms with Gasteiger partial charge in [-0.25, -0.2) is 0 Å². The van der Waals surface area contributed by atoms with Crippen molar-refractivity contribution in [3.63, 3.8) is 0 Å². The van der Waals surface area contributed by atoms with E-state index in [2.05, 4.69) is 17.1 Å². The quantitative estimate of drug-likeness (QED) is 0.713. The van der Waals surface area contributed by atoms with E-state index in [0.29, 0.717) is 0 Å². The number of thioether (sulfide) groups is 1. The second-order valence-corrected chi connectivity index (χ2v) is 4.55. The van der Waals surface area contributed by atoms with Gasteiger partial charge >= 0.3 is 0 Å². The largest absolute Gasteiger partial charge is 0.398 e. The number of rotatable bonds is 0. The molecule has 2 aromatic rings. The van der Waals surface area contributed by atoms with Gasteiger partial charge in [-0.3, -0.25) is 4.98 Å². The Morgan fingerprint density at radius 1 is 1.29 bits per heavy atom. The molecule has 0 radical (unpaired) electrons. The molecular weight excluding hydrogens is 192 g/mol. The van der Waals surface area contributed by atoms with Crippen molar-refractivity contribution in [1.82, 2.24) is 4.98 Å². The van der Waals surface area contributed by atoms with Crippen LogP contribution in [0.2, 0.25) is 0 Å². The van der Waals surface area contributed by atoms with E-state index in [1.807, 2.05) is 17.8 Å². The molecule has 0 unspecified atom stereocenters. The molecule has 3 rings (SSSR count). The molecular formula is C11H10N2S. The van der Waals surface area contributed by atoms with Crippen molar-refractivity contribution < 1.29 is 0 Å². The van der Waals surface area contributed by atoms with Gasteiger partial charge in [0.05, 0.1) is 5.52 Å². The summed E-state index contributed by atoms with van der Waals surface area (Å²) in [5, 5.41) is 1.15. The van der Waals surface area contributed by atoms with Crippen molar-refractivity contribution in [3.8, 4) is 0 Å². The van der Waals surface area contributed by atoms with Crippen LogP contribution in [0.1, 0.15) is 5.56 Å². The molecule has 1 aliphatic rings. The fourth-order valence-electron chi connectivity index (χ4n) is 1.91. The van der Waals surface area contributed by atoms with Crippen molar-refractivity contribution in [3.05, 3.63) is 30.0 Å². The number of fused-ring (bicyclic) bond motifs is 3. The number of benzene rings is 1. The SMILES string of the molecule is Nc1ccnc2ccc3c(c12)SCC3. The number of anilines is 1. The first kappa shape index (κ1) is 8.12. The van der Waals surface area contributed by atoms with E-state index in [1.54, 1.807) is 6.20 Å². The maximum Gasteiger partial charge on any atom is 0.0734 e. The van der Waals surface area contributed by atoms with E-state index < -0.39 is 0 Å². The third kappa shape index (κ3) is 1.02. The van der Waals surface area contributed by atoms with Crippen LogP contribution in [-0.4, -0.2) is 10.7 Å². The van der Waals surface area contributed by atoms with Gasteiger partial charge in [0.1, 0.15) is 0 Å². The number of nitrogens with two attached hydrogens (primary N) is 1. The monoisotopic (exact) mass is 202 g/mol. The minimum absolute atomic E-state index is 0.848. The molecule has 0 atom stereocenters. The fraction of sp³-hybridized carbons (Fsp3) is 0.182. The second kappa shape index (κ2) is 2.89. The van der Waals surface area contributed by atoms with Gasteiger partial charge in [0.25, 0.3) is 0 Å². The number of nitrogen functional groups attached to an aromatic ring is 1. The van der Waals surface area contributed by atoms with E-state index in [9.17, 15) is 0 Å². The Morgan fingerprint density at radius 3 is 3.14 bits per heavy atom. The summed E-state index contributed by atoms with van der Waals surface area (Å²) < 4.78 is 0. The number of aryl methyl sites for hydroxylation is 1. The molecule has 0 fully saturated rings. The Balaban J connectivity index is 2.47. The number of aromatic nitrogens is 1. The summed E-state index contributed by atoms with van der Waals surface area (Å²) in [6.45, 7) is 0. The maximum atomic E-state index is 5.98. The van der Waals surface area contributed by atoms with Crippen LogP contribution in [0.15, 0.2) is 29.3 Å². The number of nitrogens with zero attached hydrogens (tertiary/aromatic N) is 1. The molecule has 1 aromatic carbocycles. The molecule has 0 spiro atoms. The van der Waals surface area contributed by atoms with Gasteiger partial charge in [-0.05, 0) is 24.1 Å². The van der Waals surface area contributed by atoms with E-state index in [4.69, 9.17) is 5.73 Å². The van der Waals surface area contributed by atoms with Crippen LogP contribution in [0.25, 0.3) is 10.9 Å². The molecule has 0 bridgehead atoms. The van der Waals surface area contributed by atoms with Gasteiger partial charge in [-0.1, -0.05) is 6.07 Å². The molecule has 1 aliphatic heterocycles.